The van der Waals surface area contributed by atoms with Gasteiger partial charge in [0.2, 0.25) is 0 Å². The molecule has 6 nitrogen and oxygen atoms in total. The summed E-state index contributed by atoms with van der Waals surface area (Å²) in [5.74, 6) is -0.209. The highest BCUT2D eigenvalue weighted by molar-refractivity contribution is 6.31. The standard InChI is InChI=1S/C22H20ClN3O3/c1-12(2)10-17-21(28)26(22(29)25-17)19-18(13-6-4-3-5-7-13)15-11-14(23)8-9-16(15)24-20(19)27/h3-9,11-12,17H,10H2,1-2H3,(H,24,27)(H,25,29). The van der Waals surface area contributed by atoms with E-state index >= 15 is 0 Å². The summed E-state index contributed by atoms with van der Waals surface area (Å²) >= 11 is 6.22. The average Bonchev–Trinajstić information content (AvgIpc) is 2.94. The van der Waals surface area contributed by atoms with Gasteiger partial charge in [-0.2, -0.15) is 0 Å². The molecule has 3 aromatic rings. The third kappa shape index (κ3) is 3.40. The molecule has 0 spiro atoms. The number of benzene rings is 2. The highest BCUT2D eigenvalue weighted by Gasteiger charge is 2.41. The normalized spacial score (nSPS) is 16.7. The van der Waals surface area contributed by atoms with Crippen LogP contribution in [0.15, 0.2) is 53.3 Å². The number of nitrogens with one attached hydrogen (secondary N) is 2. The van der Waals surface area contributed by atoms with Crippen LogP contribution in [0.3, 0.4) is 0 Å². The Bertz CT molecular complexity index is 1170. The Kier molecular flexibility index (Phi) is 4.88. The first-order chi connectivity index (χ1) is 13.9. The zero-order valence-electron chi connectivity index (χ0n) is 16.0. The van der Waals surface area contributed by atoms with E-state index in [-0.39, 0.29) is 11.6 Å². The quantitative estimate of drug-likeness (QED) is 0.629. The highest BCUT2D eigenvalue weighted by Crippen LogP contribution is 2.36. The van der Waals surface area contributed by atoms with Crippen LogP contribution in [0.4, 0.5) is 10.5 Å². The number of hydrogen-bond acceptors (Lipinski definition) is 3. The summed E-state index contributed by atoms with van der Waals surface area (Å²) in [5, 5.41) is 3.85. The Morgan fingerprint density at radius 2 is 1.79 bits per heavy atom. The van der Waals surface area contributed by atoms with Crippen molar-refractivity contribution in [3.63, 3.8) is 0 Å². The number of carbonyl (C=O) groups excluding carboxylic acids is 2. The van der Waals surface area contributed by atoms with Crippen LogP contribution < -0.4 is 15.8 Å². The lowest BCUT2D eigenvalue weighted by Gasteiger charge is -2.19. The van der Waals surface area contributed by atoms with Crippen LogP contribution >= 0.6 is 11.6 Å². The highest BCUT2D eigenvalue weighted by atomic mass is 35.5. The molecule has 1 fully saturated rings. The Labute approximate surface area is 172 Å². The number of H-pyrrole nitrogens is 1. The third-order valence-corrected chi connectivity index (χ3v) is 5.20. The predicted octanol–water partition coefficient (Wildman–Crippen LogP) is 4.32. The Morgan fingerprint density at radius 1 is 1.07 bits per heavy atom. The number of aromatic amines is 1. The van der Waals surface area contributed by atoms with Crippen molar-refractivity contribution >= 4 is 40.1 Å². The van der Waals surface area contributed by atoms with E-state index in [2.05, 4.69) is 10.3 Å². The number of amides is 3. The lowest BCUT2D eigenvalue weighted by atomic mass is 9.98. The summed E-state index contributed by atoms with van der Waals surface area (Å²) in [4.78, 5) is 42.6. The van der Waals surface area contributed by atoms with Crippen LogP contribution in [0.5, 0.6) is 0 Å². The van der Waals surface area contributed by atoms with Crippen LogP contribution in [0.2, 0.25) is 5.02 Å². The molecule has 1 aliphatic rings. The Hall–Kier alpha value is -3.12. The number of halogens is 1. The van der Waals surface area contributed by atoms with E-state index in [1.54, 1.807) is 18.2 Å². The van der Waals surface area contributed by atoms with Crippen molar-refractivity contribution in [2.75, 3.05) is 4.90 Å². The number of hydrogen-bond donors (Lipinski definition) is 2. The molecule has 3 amide bonds. The monoisotopic (exact) mass is 409 g/mol. The van der Waals surface area contributed by atoms with Gasteiger partial charge in [-0.05, 0) is 36.1 Å². The Morgan fingerprint density at radius 3 is 2.48 bits per heavy atom. The van der Waals surface area contributed by atoms with E-state index in [1.165, 1.54) is 0 Å². The van der Waals surface area contributed by atoms with E-state index in [1.807, 2.05) is 44.2 Å². The zero-order chi connectivity index (χ0) is 20.7. The minimum atomic E-state index is -0.652. The number of carbonyl (C=O) groups is 2. The smallest absolute Gasteiger partial charge is 0.325 e. The molecule has 1 saturated heterocycles. The van der Waals surface area contributed by atoms with Crippen molar-refractivity contribution in [3.8, 4) is 11.1 Å². The molecular formula is C22H20ClN3O3. The largest absolute Gasteiger partial charge is 0.329 e. The minimum absolute atomic E-state index is 0.0136. The third-order valence-electron chi connectivity index (χ3n) is 4.96. The van der Waals surface area contributed by atoms with E-state index < -0.39 is 23.5 Å². The van der Waals surface area contributed by atoms with E-state index in [0.717, 1.165) is 4.90 Å². The van der Waals surface area contributed by atoms with Gasteiger partial charge >= 0.3 is 6.03 Å². The topological polar surface area (TPSA) is 82.3 Å². The van der Waals surface area contributed by atoms with Crippen LogP contribution in [0, 0.1) is 5.92 Å². The molecule has 2 heterocycles. The van der Waals surface area contributed by atoms with E-state index in [4.69, 9.17) is 11.6 Å². The first kappa shape index (κ1) is 19.2. The van der Waals surface area contributed by atoms with Gasteiger partial charge in [0, 0.05) is 21.5 Å². The summed E-state index contributed by atoms with van der Waals surface area (Å²) in [7, 11) is 0. The zero-order valence-corrected chi connectivity index (χ0v) is 16.8. The molecule has 148 valence electrons. The molecule has 0 aliphatic carbocycles. The molecule has 0 radical (unpaired) electrons. The Balaban J connectivity index is 2.00. The van der Waals surface area contributed by atoms with Gasteiger partial charge < -0.3 is 10.3 Å². The average molecular weight is 410 g/mol. The summed E-state index contributed by atoms with van der Waals surface area (Å²) in [6.07, 6.45) is 0.499. The molecule has 0 saturated carbocycles. The van der Waals surface area contributed by atoms with Crippen LogP contribution in [0.25, 0.3) is 22.0 Å². The second kappa shape index (κ2) is 7.37. The maximum Gasteiger partial charge on any atom is 0.329 e. The van der Waals surface area contributed by atoms with Crippen molar-refractivity contribution in [2.24, 2.45) is 5.92 Å². The minimum Gasteiger partial charge on any atom is -0.325 e. The fourth-order valence-electron chi connectivity index (χ4n) is 3.74. The predicted molar refractivity (Wildman–Crippen MR) is 114 cm³/mol. The number of urea groups is 1. The maximum atomic E-state index is 13.1. The molecular weight excluding hydrogens is 390 g/mol. The second-order valence-electron chi connectivity index (χ2n) is 7.54. The lowest BCUT2D eigenvalue weighted by molar-refractivity contribution is -0.118. The van der Waals surface area contributed by atoms with Crippen molar-refractivity contribution in [2.45, 2.75) is 26.3 Å². The van der Waals surface area contributed by atoms with Crippen molar-refractivity contribution < 1.29 is 9.59 Å². The number of anilines is 1. The molecule has 2 N–H and O–H groups in total. The fraction of sp³-hybridized carbons (Fsp3) is 0.227. The molecule has 0 bridgehead atoms. The summed E-state index contributed by atoms with van der Waals surface area (Å²) < 4.78 is 0. The first-order valence-electron chi connectivity index (χ1n) is 9.42. The number of imide groups is 1. The van der Waals surface area contributed by atoms with E-state index in [0.29, 0.717) is 33.5 Å². The molecule has 1 atom stereocenters. The summed E-state index contributed by atoms with van der Waals surface area (Å²) in [5.41, 5.74) is 1.30. The van der Waals surface area contributed by atoms with Gasteiger partial charge in [-0.1, -0.05) is 55.8 Å². The van der Waals surface area contributed by atoms with Gasteiger partial charge in [0.15, 0.2) is 0 Å². The fourth-order valence-corrected chi connectivity index (χ4v) is 3.91. The molecule has 1 aliphatic heterocycles. The molecule has 29 heavy (non-hydrogen) atoms. The van der Waals surface area contributed by atoms with Crippen molar-refractivity contribution in [3.05, 3.63) is 63.9 Å². The molecule has 4 rings (SSSR count). The summed E-state index contributed by atoms with van der Waals surface area (Å²) in [6.45, 7) is 3.95. The number of nitrogens with zero attached hydrogens (tertiary/aromatic N) is 1. The molecule has 2 aromatic carbocycles. The van der Waals surface area contributed by atoms with Gasteiger partial charge in [-0.15, -0.1) is 0 Å². The van der Waals surface area contributed by atoms with Gasteiger partial charge in [0.1, 0.15) is 11.7 Å². The number of fused-ring (bicyclic) bond motifs is 1. The number of aromatic nitrogens is 1. The van der Waals surface area contributed by atoms with Gasteiger partial charge in [0.25, 0.3) is 11.5 Å². The van der Waals surface area contributed by atoms with Crippen LogP contribution in [-0.4, -0.2) is 23.0 Å². The van der Waals surface area contributed by atoms with Crippen LogP contribution in [-0.2, 0) is 4.79 Å². The van der Waals surface area contributed by atoms with E-state index in [9.17, 15) is 14.4 Å². The SMILES string of the molecule is CC(C)CC1NC(=O)N(c2c(-c3ccccc3)c3cc(Cl)ccc3[nH]c2=O)C1=O. The van der Waals surface area contributed by atoms with Crippen LogP contribution in [0.1, 0.15) is 20.3 Å². The number of rotatable bonds is 4. The van der Waals surface area contributed by atoms with Crippen molar-refractivity contribution in [1.29, 1.82) is 0 Å². The second-order valence-corrected chi connectivity index (χ2v) is 7.98. The molecule has 1 unspecified atom stereocenters. The lowest BCUT2D eigenvalue weighted by Crippen LogP contribution is -2.36. The first-order valence-corrected chi connectivity index (χ1v) is 9.80. The maximum absolute atomic E-state index is 13.1. The van der Waals surface area contributed by atoms with Gasteiger partial charge in [0.05, 0.1) is 0 Å². The van der Waals surface area contributed by atoms with Crippen molar-refractivity contribution in [1.82, 2.24) is 10.3 Å². The summed E-state index contributed by atoms with van der Waals surface area (Å²) in [6, 6.07) is 13.1. The van der Waals surface area contributed by atoms with Gasteiger partial charge in [-0.3, -0.25) is 9.59 Å². The van der Waals surface area contributed by atoms with Gasteiger partial charge in [-0.25, -0.2) is 9.69 Å². The molecule has 7 heteroatoms. The number of pyridine rings is 1. The molecule has 1 aromatic heterocycles.